The Labute approximate surface area is 307 Å². The molecule has 0 rings (SSSR count). The zero-order chi connectivity index (χ0) is 36.8. The topological polar surface area (TPSA) is 119 Å². The van der Waals surface area contributed by atoms with Gasteiger partial charge in [-0.3, -0.25) is 14.1 Å². The van der Waals surface area contributed by atoms with E-state index in [-0.39, 0.29) is 19.4 Å². The zero-order valence-corrected chi connectivity index (χ0v) is 33.2. The molecule has 0 fully saturated rings. The first kappa shape index (κ1) is 48.5. The highest BCUT2D eigenvalue weighted by molar-refractivity contribution is 7.46. The number of allylic oxidation sites excluding steroid dienone is 4. The minimum Gasteiger partial charge on any atom is -0.462 e. The van der Waals surface area contributed by atoms with E-state index in [1.54, 1.807) is 0 Å². The van der Waals surface area contributed by atoms with Crippen LogP contribution in [0.15, 0.2) is 24.3 Å². The van der Waals surface area contributed by atoms with Gasteiger partial charge in [-0.05, 0) is 44.9 Å². The molecule has 2 N–H and O–H groups in total. The van der Waals surface area contributed by atoms with Crippen molar-refractivity contribution in [1.29, 1.82) is 0 Å². The maximum atomic E-state index is 12.4. The molecule has 1 atom stereocenters. The summed E-state index contributed by atoms with van der Waals surface area (Å²) in [6.07, 6.45) is 41.8. The molecule has 0 aliphatic carbocycles. The van der Waals surface area contributed by atoms with E-state index < -0.39 is 32.5 Å². The van der Waals surface area contributed by atoms with Gasteiger partial charge in [0.15, 0.2) is 6.10 Å². The number of esters is 2. The Morgan fingerprint density at radius 1 is 0.520 bits per heavy atom. The maximum Gasteiger partial charge on any atom is 0.469 e. The average molecular weight is 729 g/mol. The Morgan fingerprint density at radius 3 is 1.36 bits per heavy atom. The fourth-order valence-corrected chi connectivity index (χ4v) is 6.23. The summed E-state index contributed by atoms with van der Waals surface area (Å²) >= 11 is 0. The molecule has 0 bridgehead atoms. The third kappa shape index (κ3) is 39.3. The molecule has 0 spiro atoms. The molecule has 9 heteroatoms. The van der Waals surface area contributed by atoms with Gasteiger partial charge in [0.05, 0.1) is 6.61 Å². The van der Waals surface area contributed by atoms with Crippen LogP contribution in [0, 0.1) is 0 Å². The summed E-state index contributed by atoms with van der Waals surface area (Å²) < 4.78 is 26.4. The number of hydrogen-bond donors (Lipinski definition) is 2. The summed E-state index contributed by atoms with van der Waals surface area (Å²) in [5, 5.41) is 0. The second-order valence-electron chi connectivity index (χ2n) is 14.0. The summed E-state index contributed by atoms with van der Waals surface area (Å²) in [4.78, 5) is 42.8. The summed E-state index contributed by atoms with van der Waals surface area (Å²) in [5.41, 5.74) is 0. The summed E-state index contributed by atoms with van der Waals surface area (Å²) in [6, 6.07) is 0. The molecule has 0 radical (unpaired) electrons. The lowest BCUT2D eigenvalue weighted by atomic mass is 10.0. The number of hydrogen-bond acceptors (Lipinski definition) is 6. The minimum absolute atomic E-state index is 0.206. The molecule has 294 valence electrons. The third-order valence-corrected chi connectivity index (χ3v) is 9.46. The van der Waals surface area contributed by atoms with Crippen molar-refractivity contribution in [3.63, 3.8) is 0 Å². The number of carbonyl (C=O) groups excluding carboxylic acids is 2. The summed E-state index contributed by atoms with van der Waals surface area (Å²) in [5.74, 6) is -0.886. The number of carbonyl (C=O) groups is 2. The fourth-order valence-electron chi connectivity index (χ4n) is 5.87. The number of unbranched alkanes of at least 4 members (excludes halogenated alkanes) is 24. The third-order valence-electron chi connectivity index (χ3n) is 8.97. The van der Waals surface area contributed by atoms with E-state index in [1.165, 1.54) is 122 Å². The highest BCUT2D eigenvalue weighted by Crippen LogP contribution is 2.36. The van der Waals surface area contributed by atoms with E-state index in [1.807, 2.05) is 0 Å². The minimum atomic E-state index is -4.75. The second kappa shape index (κ2) is 37.3. The smallest absolute Gasteiger partial charge is 0.462 e. The van der Waals surface area contributed by atoms with Crippen molar-refractivity contribution in [2.24, 2.45) is 0 Å². The Balaban J connectivity index is 3.92. The van der Waals surface area contributed by atoms with Crippen molar-refractivity contribution in [3.8, 4) is 0 Å². The average Bonchev–Trinajstić information content (AvgIpc) is 3.08. The number of ether oxygens (including phenoxy) is 2. The van der Waals surface area contributed by atoms with E-state index in [0.717, 1.165) is 51.4 Å². The predicted octanol–water partition coefficient (Wildman–Crippen LogP) is 12.4. The largest absolute Gasteiger partial charge is 0.469 e. The van der Waals surface area contributed by atoms with E-state index in [0.29, 0.717) is 6.42 Å². The Bertz CT molecular complexity index is 869. The Hall–Kier alpha value is -1.47. The van der Waals surface area contributed by atoms with Gasteiger partial charge in [-0.15, -0.1) is 0 Å². The van der Waals surface area contributed by atoms with E-state index in [4.69, 9.17) is 19.3 Å². The highest BCUT2D eigenvalue weighted by atomic mass is 31.2. The van der Waals surface area contributed by atoms with Crippen LogP contribution in [0.3, 0.4) is 0 Å². The first-order valence-corrected chi connectivity index (χ1v) is 22.2. The molecule has 0 amide bonds. The van der Waals surface area contributed by atoms with Gasteiger partial charge >= 0.3 is 19.8 Å². The van der Waals surface area contributed by atoms with Crippen molar-refractivity contribution in [2.45, 2.75) is 213 Å². The Morgan fingerprint density at radius 2 is 0.900 bits per heavy atom. The van der Waals surface area contributed by atoms with Gasteiger partial charge < -0.3 is 19.3 Å². The predicted molar refractivity (Wildman–Crippen MR) is 207 cm³/mol. The molecule has 0 aliphatic heterocycles. The Kier molecular flexibility index (Phi) is 36.2. The van der Waals surface area contributed by atoms with Crippen molar-refractivity contribution < 1.29 is 37.9 Å². The van der Waals surface area contributed by atoms with Crippen LogP contribution in [0.4, 0.5) is 0 Å². The van der Waals surface area contributed by atoms with Gasteiger partial charge in [0.1, 0.15) is 6.61 Å². The van der Waals surface area contributed by atoms with Crippen LogP contribution in [0.1, 0.15) is 206 Å². The van der Waals surface area contributed by atoms with E-state index in [9.17, 15) is 14.2 Å². The van der Waals surface area contributed by atoms with Crippen molar-refractivity contribution >= 4 is 19.8 Å². The monoisotopic (exact) mass is 729 g/mol. The molecule has 0 saturated carbocycles. The molecular formula is C41H77O8P. The molecule has 50 heavy (non-hydrogen) atoms. The van der Waals surface area contributed by atoms with Crippen LogP contribution in [-0.2, 0) is 28.2 Å². The second-order valence-corrected chi connectivity index (χ2v) is 15.2. The maximum absolute atomic E-state index is 12.4. The van der Waals surface area contributed by atoms with Crippen LogP contribution in [0.5, 0.6) is 0 Å². The van der Waals surface area contributed by atoms with E-state index in [2.05, 4.69) is 42.7 Å². The molecule has 0 heterocycles. The van der Waals surface area contributed by atoms with Crippen LogP contribution < -0.4 is 0 Å². The van der Waals surface area contributed by atoms with Crippen LogP contribution in [-0.4, -0.2) is 41.0 Å². The first-order valence-electron chi connectivity index (χ1n) is 20.6. The van der Waals surface area contributed by atoms with Crippen molar-refractivity contribution in [2.75, 3.05) is 13.2 Å². The highest BCUT2D eigenvalue weighted by Gasteiger charge is 2.22. The van der Waals surface area contributed by atoms with Crippen molar-refractivity contribution in [1.82, 2.24) is 0 Å². The van der Waals surface area contributed by atoms with Gasteiger partial charge in [-0.2, -0.15) is 0 Å². The molecule has 8 nitrogen and oxygen atoms in total. The molecule has 0 unspecified atom stereocenters. The lowest BCUT2D eigenvalue weighted by molar-refractivity contribution is -0.161. The molecular weight excluding hydrogens is 651 g/mol. The summed E-state index contributed by atoms with van der Waals surface area (Å²) in [7, 11) is -4.75. The van der Waals surface area contributed by atoms with Gasteiger partial charge in [0, 0.05) is 12.8 Å². The number of phosphoric acid groups is 1. The molecule has 0 saturated heterocycles. The van der Waals surface area contributed by atoms with Crippen molar-refractivity contribution in [3.05, 3.63) is 24.3 Å². The molecule has 0 aromatic rings. The zero-order valence-electron chi connectivity index (χ0n) is 32.3. The van der Waals surface area contributed by atoms with E-state index >= 15 is 0 Å². The van der Waals surface area contributed by atoms with Gasteiger partial charge in [0.25, 0.3) is 0 Å². The number of phosphoric ester groups is 1. The lowest BCUT2D eigenvalue weighted by Gasteiger charge is -2.18. The lowest BCUT2D eigenvalue weighted by Crippen LogP contribution is -2.29. The first-order chi connectivity index (χ1) is 24.3. The van der Waals surface area contributed by atoms with Crippen LogP contribution >= 0.6 is 7.82 Å². The van der Waals surface area contributed by atoms with Crippen LogP contribution in [0.25, 0.3) is 0 Å². The van der Waals surface area contributed by atoms with Gasteiger partial charge in [0.2, 0.25) is 0 Å². The SMILES string of the molecule is CCCCC/C=C\C/C=C\CCCCCCCCCC(=O)O[C@H](COC(=O)CCCCCCCCCCCCCCCCC)COP(=O)(O)O. The fraction of sp³-hybridized carbons (Fsp3) is 0.854. The quantitative estimate of drug-likeness (QED) is 0.0279. The normalized spacial score (nSPS) is 12.6. The van der Waals surface area contributed by atoms with Gasteiger partial charge in [-0.25, -0.2) is 4.57 Å². The molecule has 0 aromatic heterocycles. The standard InChI is InChI=1S/C41H77O8P/c1-3-5-7-9-11-13-15-17-19-20-22-24-26-28-30-32-34-36-41(43)49-39(38-48-50(44,45)46)37-47-40(42)35-33-31-29-27-25-23-21-18-16-14-12-10-8-6-4-2/h11,13,17,19,39H,3-10,12,14-16,18,20-38H2,1-2H3,(H2,44,45,46)/b13-11-,19-17-/t39-/m1/s1. The number of rotatable bonds is 38. The van der Waals surface area contributed by atoms with Gasteiger partial charge in [-0.1, -0.05) is 173 Å². The molecule has 0 aliphatic rings. The van der Waals surface area contributed by atoms with Crippen LogP contribution in [0.2, 0.25) is 0 Å². The molecule has 0 aromatic carbocycles. The summed E-state index contributed by atoms with van der Waals surface area (Å²) in [6.45, 7) is 3.67.